The Morgan fingerprint density at radius 2 is 1.94 bits per heavy atom. The van der Waals surface area contributed by atoms with Gasteiger partial charge in [0.05, 0.1) is 0 Å². The van der Waals surface area contributed by atoms with Gasteiger partial charge in [0, 0.05) is 25.0 Å². The topological polar surface area (TPSA) is 32.8 Å². The number of hydrogen-bond acceptors (Lipinski definition) is 3. The minimum atomic E-state index is -0.383. The number of nitrogens with zero attached hydrogens (tertiary/aromatic N) is 2. The van der Waals surface area contributed by atoms with Crippen LogP contribution in [-0.4, -0.2) is 54.2 Å². The van der Waals surface area contributed by atoms with Gasteiger partial charge in [-0.25, -0.2) is 4.79 Å². The van der Waals surface area contributed by atoms with E-state index in [1.807, 2.05) is 25.7 Å². The zero-order valence-electron chi connectivity index (χ0n) is 11.4. The van der Waals surface area contributed by atoms with Crippen molar-refractivity contribution in [2.24, 2.45) is 5.92 Å². The van der Waals surface area contributed by atoms with Gasteiger partial charge in [0.1, 0.15) is 5.60 Å². The number of carbonyl (C=O) groups is 1. The fraction of sp³-hybridized carbons (Fsp3) is 0.923. The molecule has 2 heterocycles. The van der Waals surface area contributed by atoms with E-state index >= 15 is 0 Å². The Balaban J connectivity index is 1.77. The summed E-state index contributed by atoms with van der Waals surface area (Å²) in [6.07, 6.45) is 2.42. The number of amides is 1. The van der Waals surface area contributed by atoms with Crippen molar-refractivity contribution in [1.29, 1.82) is 0 Å². The highest BCUT2D eigenvalue weighted by molar-refractivity contribution is 5.69. The molecule has 2 aliphatic heterocycles. The molecule has 1 atom stereocenters. The summed E-state index contributed by atoms with van der Waals surface area (Å²) in [5.41, 5.74) is -0.383. The van der Waals surface area contributed by atoms with Gasteiger partial charge in [0.2, 0.25) is 0 Å². The third kappa shape index (κ3) is 2.92. The Labute approximate surface area is 104 Å². The molecule has 98 valence electrons. The predicted octanol–water partition coefficient (Wildman–Crippen LogP) is 1.95. The molecule has 2 rings (SSSR count). The Bertz CT molecular complexity index is 292. The molecule has 0 bridgehead atoms. The Hall–Kier alpha value is -0.770. The Morgan fingerprint density at radius 3 is 2.41 bits per heavy atom. The molecule has 4 nitrogen and oxygen atoms in total. The maximum absolute atomic E-state index is 11.8. The molecule has 2 aliphatic rings. The van der Waals surface area contributed by atoms with Crippen molar-refractivity contribution >= 4 is 6.09 Å². The summed E-state index contributed by atoms with van der Waals surface area (Å²) in [4.78, 5) is 16.0. The first-order valence-corrected chi connectivity index (χ1v) is 6.55. The molecule has 0 spiro atoms. The van der Waals surface area contributed by atoms with Gasteiger partial charge >= 0.3 is 6.09 Å². The summed E-state index contributed by atoms with van der Waals surface area (Å²) in [7, 11) is 2.19. The van der Waals surface area contributed by atoms with Crippen LogP contribution in [0.15, 0.2) is 0 Å². The van der Waals surface area contributed by atoms with Crippen LogP contribution in [0.5, 0.6) is 0 Å². The smallest absolute Gasteiger partial charge is 0.410 e. The van der Waals surface area contributed by atoms with Crippen molar-refractivity contribution in [3.05, 3.63) is 0 Å². The third-order valence-electron chi connectivity index (χ3n) is 3.68. The van der Waals surface area contributed by atoms with E-state index in [2.05, 4.69) is 11.9 Å². The van der Waals surface area contributed by atoms with Crippen LogP contribution < -0.4 is 0 Å². The molecule has 2 saturated heterocycles. The maximum atomic E-state index is 11.8. The summed E-state index contributed by atoms with van der Waals surface area (Å²) >= 11 is 0. The highest BCUT2D eigenvalue weighted by Gasteiger charge is 2.40. The lowest BCUT2D eigenvalue weighted by Crippen LogP contribution is -2.57. The van der Waals surface area contributed by atoms with E-state index in [1.54, 1.807) is 0 Å². The first-order chi connectivity index (χ1) is 7.87. The van der Waals surface area contributed by atoms with Crippen LogP contribution in [0.1, 0.15) is 33.6 Å². The number of likely N-dealkylation sites (tertiary alicyclic amines) is 2. The van der Waals surface area contributed by atoms with E-state index < -0.39 is 0 Å². The van der Waals surface area contributed by atoms with Gasteiger partial charge in [0.25, 0.3) is 0 Å². The summed E-state index contributed by atoms with van der Waals surface area (Å²) in [6, 6.07) is 0.675. The van der Waals surface area contributed by atoms with Crippen LogP contribution in [0.4, 0.5) is 4.79 Å². The molecule has 0 aliphatic carbocycles. The normalized spacial score (nSPS) is 27.1. The number of carbonyl (C=O) groups excluding carboxylic acids is 1. The summed E-state index contributed by atoms with van der Waals surface area (Å²) in [5, 5.41) is 0. The van der Waals surface area contributed by atoms with E-state index in [9.17, 15) is 4.79 Å². The molecule has 4 heteroatoms. The zero-order valence-corrected chi connectivity index (χ0v) is 11.4. The molecular formula is C13H24N2O2. The molecule has 17 heavy (non-hydrogen) atoms. The lowest BCUT2D eigenvalue weighted by atomic mass is 9.90. The third-order valence-corrected chi connectivity index (χ3v) is 3.68. The van der Waals surface area contributed by atoms with Crippen molar-refractivity contribution in [1.82, 2.24) is 9.80 Å². The molecule has 1 unspecified atom stereocenters. The molecule has 0 aromatic heterocycles. The standard InChI is InChI=1S/C13H24N2O2/c1-13(2,3)17-12(16)15-8-10(9-15)11-6-5-7-14(11)4/h10-11H,5-9H2,1-4H3. The van der Waals surface area contributed by atoms with Crippen molar-refractivity contribution in [3.63, 3.8) is 0 Å². The first kappa shape index (κ1) is 12.7. The molecule has 0 radical (unpaired) electrons. The number of rotatable bonds is 1. The SMILES string of the molecule is CN1CCCC1C1CN(C(=O)OC(C)(C)C)C1. The minimum absolute atomic E-state index is 0.158. The van der Waals surface area contributed by atoms with Gasteiger partial charge in [-0.3, -0.25) is 0 Å². The largest absolute Gasteiger partial charge is 0.444 e. The minimum Gasteiger partial charge on any atom is -0.444 e. The fourth-order valence-corrected chi connectivity index (χ4v) is 2.76. The van der Waals surface area contributed by atoms with Crippen molar-refractivity contribution in [2.75, 3.05) is 26.7 Å². The average Bonchev–Trinajstić information content (AvgIpc) is 2.46. The second-order valence-electron chi connectivity index (χ2n) is 6.34. The quantitative estimate of drug-likeness (QED) is 0.702. The molecular weight excluding hydrogens is 216 g/mol. The molecule has 2 fully saturated rings. The average molecular weight is 240 g/mol. The monoisotopic (exact) mass is 240 g/mol. The van der Waals surface area contributed by atoms with E-state index in [4.69, 9.17) is 4.74 Å². The van der Waals surface area contributed by atoms with E-state index in [0.29, 0.717) is 12.0 Å². The van der Waals surface area contributed by atoms with Crippen molar-refractivity contribution < 1.29 is 9.53 Å². The molecule has 0 N–H and O–H groups in total. The number of hydrogen-bond donors (Lipinski definition) is 0. The predicted molar refractivity (Wildman–Crippen MR) is 66.9 cm³/mol. The van der Waals surface area contributed by atoms with Crippen molar-refractivity contribution in [2.45, 2.75) is 45.3 Å². The van der Waals surface area contributed by atoms with E-state index in [0.717, 1.165) is 13.1 Å². The Morgan fingerprint density at radius 1 is 1.29 bits per heavy atom. The van der Waals surface area contributed by atoms with Crippen LogP contribution in [0.2, 0.25) is 0 Å². The van der Waals surface area contributed by atoms with E-state index in [1.165, 1.54) is 19.4 Å². The van der Waals surface area contributed by atoms with Gasteiger partial charge < -0.3 is 14.5 Å². The van der Waals surface area contributed by atoms with Gasteiger partial charge in [-0.1, -0.05) is 0 Å². The fourth-order valence-electron chi connectivity index (χ4n) is 2.76. The first-order valence-electron chi connectivity index (χ1n) is 6.55. The lowest BCUT2D eigenvalue weighted by molar-refractivity contribution is -0.0129. The highest BCUT2D eigenvalue weighted by atomic mass is 16.6. The van der Waals surface area contributed by atoms with Crippen LogP contribution in [0.25, 0.3) is 0 Å². The van der Waals surface area contributed by atoms with Crippen LogP contribution in [0, 0.1) is 5.92 Å². The molecule has 0 aromatic rings. The molecule has 0 saturated carbocycles. The van der Waals surface area contributed by atoms with Crippen LogP contribution >= 0.6 is 0 Å². The molecule has 0 aromatic carbocycles. The highest BCUT2D eigenvalue weighted by Crippen LogP contribution is 2.30. The Kier molecular flexibility index (Phi) is 3.34. The van der Waals surface area contributed by atoms with Gasteiger partial charge in [0.15, 0.2) is 0 Å². The summed E-state index contributed by atoms with van der Waals surface area (Å²) < 4.78 is 5.35. The number of ether oxygens (including phenoxy) is 1. The zero-order chi connectivity index (χ0) is 12.6. The van der Waals surface area contributed by atoms with Crippen LogP contribution in [0.3, 0.4) is 0 Å². The maximum Gasteiger partial charge on any atom is 0.410 e. The summed E-state index contributed by atoms with van der Waals surface area (Å²) in [5.74, 6) is 0.648. The lowest BCUT2D eigenvalue weighted by Gasteiger charge is -2.44. The van der Waals surface area contributed by atoms with Crippen molar-refractivity contribution in [3.8, 4) is 0 Å². The van der Waals surface area contributed by atoms with E-state index in [-0.39, 0.29) is 11.7 Å². The summed E-state index contributed by atoms with van der Waals surface area (Å²) in [6.45, 7) is 8.66. The van der Waals surface area contributed by atoms with Crippen LogP contribution in [-0.2, 0) is 4.74 Å². The molecule has 1 amide bonds. The van der Waals surface area contributed by atoms with Gasteiger partial charge in [-0.05, 0) is 47.2 Å². The second-order valence-corrected chi connectivity index (χ2v) is 6.34. The second kappa shape index (κ2) is 4.48. The van der Waals surface area contributed by atoms with Gasteiger partial charge in [-0.15, -0.1) is 0 Å². The van der Waals surface area contributed by atoms with Gasteiger partial charge in [-0.2, -0.15) is 0 Å².